The largest absolute Gasteiger partial charge is 0.468 e. The second kappa shape index (κ2) is 5.66. The number of carbonyl (C=O) groups excluding carboxylic acids is 2. The maximum atomic E-state index is 12.0. The predicted molar refractivity (Wildman–Crippen MR) is 74.0 cm³/mol. The van der Waals surface area contributed by atoms with Crippen LogP contribution in [0.3, 0.4) is 0 Å². The molecule has 0 atom stereocenters. The number of amides is 3. The minimum absolute atomic E-state index is 0.156. The smallest absolute Gasteiger partial charge is 0.325 e. The second-order valence-corrected chi connectivity index (χ2v) is 5.68. The zero-order chi connectivity index (χ0) is 14.8. The molecule has 2 rings (SSSR count). The lowest BCUT2D eigenvalue weighted by molar-refractivity contribution is -0.130. The monoisotopic (exact) mass is 279 g/mol. The molecule has 1 saturated heterocycles. The van der Waals surface area contributed by atoms with Crippen molar-refractivity contribution in [3.8, 4) is 0 Å². The van der Waals surface area contributed by atoms with E-state index in [2.05, 4.69) is 10.2 Å². The molecule has 6 heteroatoms. The molecule has 6 nitrogen and oxygen atoms in total. The highest BCUT2D eigenvalue weighted by molar-refractivity contribution is 6.06. The number of nitrogens with zero attached hydrogens (tertiary/aromatic N) is 2. The Labute approximate surface area is 118 Å². The third-order valence-electron chi connectivity index (χ3n) is 3.37. The summed E-state index contributed by atoms with van der Waals surface area (Å²) in [5.41, 5.74) is -0.781. The van der Waals surface area contributed by atoms with Crippen molar-refractivity contribution in [2.75, 3.05) is 20.1 Å². The van der Waals surface area contributed by atoms with Crippen molar-refractivity contribution in [3.63, 3.8) is 0 Å². The lowest BCUT2D eigenvalue weighted by Crippen LogP contribution is -2.40. The van der Waals surface area contributed by atoms with E-state index in [1.165, 1.54) is 4.90 Å². The van der Waals surface area contributed by atoms with Crippen molar-refractivity contribution in [1.29, 1.82) is 0 Å². The Morgan fingerprint density at radius 2 is 2.15 bits per heavy atom. The first-order chi connectivity index (χ1) is 9.40. The molecule has 1 fully saturated rings. The van der Waals surface area contributed by atoms with Gasteiger partial charge in [-0.1, -0.05) is 0 Å². The highest BCUT2D eigenvalue weighted by Gasteiger charge is 2.43. The SMILES string of the molecule is CN(CCCN1C(=O)NC(C)(C)C1=O)Cc1ccco1. The van der Waals surface area contributed by atoms with Crippen molar-refractivity contribution in [1.82, 2.24) is 15.1 Å². The molecule has 0 unspecified atom stereocenters. The Bertz CT molecular complexity index is 482. The molecule has 0 saturated carbocycles. The van der Waals surface area contributed by atoms with Crippen LogP contribution < -0.4 is 5.32 Å². The van der Waals surface area contributed by atoms with Crippen LogP contribution in [0.25, 0.3) is 0 Å². The molecule has 110 valence electrons. The van der Waals surface area contributed by atoms with Crippen LogP contribution in [0.5, 0.6) is 0 Å². The van der Waals surface area contributed by atoms with E-state index in [9.17, 15) is 9.59 Å². The Morgan fingerprint density at radius 1 is 1.40 bits per heavy atom. The molecule has 1 aliphatic rings. The van der Waals surface area contributed by atoms with E-state index in [4.69, 9.17) is 4.42 Å². The van der Waals surface area contributed by atoms with Crippen LogP contribution in [-0.4, -0.2) is 47.4 Å². The fourth-order valence-corrected chi connectivity index (χ4v) is 2.27. The van der Waals surface area contributed by atoms with Gasteiger partial charge in [0.05, 0.1) is 12.8 Å². The Hall–Kier alpha value is -1.82. The summed E-state index contributed by atoms with van der Waals surface area (Å²) in [4.78, 5) is 27.1. The van der Waals surface area contributed by atoms with Gasteiger partial charge in [0, 0.05) is 13.1 Å². The van der Waals surface area contributed by atoms with Gasteiger partial charge in [0.15, 0.2) is 0 Å². The number of hydrogen-bond donors (Lipinski definition) is 1. The van der Waals surface area contributed by atoms with Crippen molar-refractivity contribution >= 4 is 11.9 Å². The molecule has 0 aromatic carbocycles. The van der Waals surface area contributed by atoms with Gasteiger partial charge in [-0.15, -0.1) is 0 Å². The van der Waals surface area contributed by atoms with Gasteiger partial charge in [0.1, 0.15) is 11.3 Å². The number of hydrogen-bond acceptors (Lipinski definition) is 4. The second-order valence-electron chi connectivity index (χ2n) is 5.68. The minimum Gasteiger partial charge on any atom is -0.468 e. The molecule has 3 amide bonds. The van der Waals surface area contributed by atoms with Crippen LogP contribution in [0.4, 0.5) is 4.79 Å². The summed E-state index contributed by atoms with van der Waals surface area (Å²) in [5.74, 6) is 0.750. The molecule has 0 spiro atoms. The molecule has 0 aliphatic carbocycles. The third-order valence-corrected chi connectivity index (χ3v) is 3.37. The molecule has 1 aromatic heterocycles. The van der Waals surface area contributed by atoms with Crippen molar-refractivity contribution in [2.45, 2.75) is 32.4 Å². The van der Waals surface area contributed by atoms with Crippen LogP contribution in [0.15, 0.2) is 22.8 Å². The first kappa shape index (κ1) is 14.6. The van der Waals surface area contributed by atoms with Gasteiger partial charge in [0.2, 0.25) is 0 Å². The normalized spacial score (nSPS) is 17.9. The molecule has 1 N–H and O–H groups in total. The lowest BCUT2D eigenvalue weighted by atomic mass is 10.1. The van der Waals surface area contributed by atoms with Gasteiger partial charge in [-0.05, 0) is 39.4 Å². The summed E-state index contributed by atoms with van der Waals surface area (Å²) >= 11 is 0. The Kier molecular flexibility index (Phi) is 4.13. The van der Waals surface area contributed by atoms with Gasteiger partial charge >= 0.3 is 6.03 Å². The third kappa shape index (κ3) is 3.19. The number of carbonyl (C=O) groups is 2. The topological polar surface area (TPSA) is 65.8 Å². The summed E-state index contributed by atoms with van der Waals surface area (Å²) in [6.07, 6.45) is 2.39. The van der Waals surface area contributed by atoms with E-state index >= 15 is 0 Å². The summed E-state index contributed by atoms with van der Waals surface area (Å²) in [7, 11) is 1.98. The maximum absolute atomic E-state index is 12.0. The molecule has 20 heavy (non-hydrogen) atoms. The quantitative estimate of drug-likeness (QED) is 0.800. The van der Waals surface area contributed by atoms with Crippen molar-refractivity contribution in [2.24, 2.45) is 0 Å². The highest BCUT2D eigenvalue weighted by atomic mass is 16.3. The van der Waals surface area contributed by atoms with Gasteiger partial charge in [-0.25, -0.2) is 4.79 Å². The van der Waals surface area contributed by atoms with Crippen LogP contribution in [0.1, 0.15) is 26.0 Å². The molecule has 1 aromatic rings. The fraction of sp³-hybridized carbons (Fsp3) is 0.571. The first-order valence-corrected chi connectivity index (χ1v) is 6.75. The molecule has 2 heterocycles. The van der Waals surface area contributed by atoms with E-state index < -0.39 is 5.54 Å². The Morgan fingerprint density at radius 3 is 2.70 bits per heavy atom. The molecule has 0 bridgehead atoms. The van der Waals surface area contributed by atoms with Crippen LogP contribution >= 0.6 is 0 Å². The van der Waals surface area contributed by atoms with E-state index in [0.717, 1.165) is 25.3 Å². The molecular formula is C14H21N3O3. The number of urea groups is 1. The number of imide groups is 1. The van der Waals surface area contributed by atoms with E-state index in [0.29, 0.717) is 6.54 Å². The summed E-state index contributed by atoms with van der Waals surface area (Å²) in [5, 5.41) is 2.68. The lowest BCUT2D eigenvalue weighted by Gasteiger charge is -2.18. The average molecular weight is 279 g/mol. The number of rotatable bonds is 6. The average Bonchev–Trinajstić information content (AvgIpc) is 2.91. The molecular weight excluding hydrogens is 258 g/mol. The summed E-state index contributed by atoms with van der Waals surface area (Å²) < 4.78 is 5.28. The van der Waals surface area contributed by atoms with E-state index in [1.807, 2.05) is 19.2 Å². The maximum Gasteiger partial charge on any atom is 0.325 e. The van der Waals surface area contributed by atoms with E-state index in [-0.39, 0.29) is 11.9 Å². The van der Waals surface area contributed by atoms with Gasteiger partial charge < -0.3 is 9.73 Å². The minimum atomic E-state index is -0.781. The fourth-order valence-electron chi connectivity index (χ4n) is 2.27. The number of nitrogens with one attached hydrogen (secondary N) is 1. The Balaban J connectivity index is 1.76. The highest BCUT2D eigenvalue weighted by Crippen LogP contribution is 2.16. The molecule has 1 aliphatic heterocycles. The van der Waals surface area contributed by atoms with Crippen LogP contribution in [0.2, 0.25) is 0 Å². The number of furan rings is 1. The van der Waals surface area contributed by atoms with Crippen LogP contribution in [-0.2, 0) is 11.3 Å². The standard InChI is InChI=1S/C14H21N3O3/c1-14(2)12(18)17(13(19)15-14)8-5-7-16(3)10-11-6-4-9-20-11/h4,6,9H,5,7-8,10H2,1-3H3,(H,15,19). The summed E-state index contributed by atoms with van der Waals surface area (Å²) in [6, 6.07) is 3.49. The van der Waals surface area contributed by atoms with Crippen LogP contribution in [0, 0.1) is 0 Å². The first-order valence-electron chi connectivity index (χ1n) is 6.75. The van der Waals surface area contributed by atoms with Gasteiger partial charge in [-0.2, -0.15) is 0 Å². The van der Waals surface area contributed by atoms with Gasteiger partial charge in [0.25, 0.3) is 5.91 Å². The zero-order valence-electron chi connectivity index (χ0n) is 12.2. The molecule has 0 radical (unpaired) electrons. The van der Waals surface area contributed by atoms with Gasteiger partial charge in [-0.3, -0.25) is 14.6 Å². The van der Waals surface area contributed by atoms with Crippen molar-refractivity contribution < 1.29 is 14.0 Å². The summed E-state index contributed by atoms with van der Waals surface area (Å²) in [6.45, 7) is 5.39. The van der Waals surface area contributed by atoms with E-state index in [1.54, 1.807) is 20.1 Å². The van der Waals surface area contributed by atoms with Crippen molar-refractivity contribution in [3.05, 3.63) is 24.2 Å². The zero-order valence-corrected chi connectivity index (χ0v) is 12.2. The predicted octanol–water partition coefficient (Wildman–Crippen LogP) is 1.43.